The highest BCUT2D eigenvalue weighted by Crippen LogP contribution is 2.31. The molecule has 0 spiro atoms. The zero-order valence-electron chi connectivity index (χ0n) is 11.6. The Morgan fingerprint density at radius 2 is 2.29 bits per heavy atom. The summed E-state index contributed by atoms with van der Waals surface area (Å²) in [5.74, 6) is 0. The van der Waals surface area contributed by atoms with Gasteiger partial charge in [0.05, 0.1) is 21.3 Å². The molecule has 2 rings (SSSR count). The van der Waals surface area contributed by atoms with Crippen molar-refractivity contribution in [3.63, 3.8) is 0 Å². The molecule has 1 aromatic carbocycles. The Balaban J connectivity index is 2.13. The number of hydrogen-bond acceptors (Lipinski definition) is 6. The van der Waals surface area contributed by atoms with Gasteiger partial charge in [-0.15, -0.1) is 11.3 Å². The first-order valence-corrected chi connectivity index (χ1v) is 7.66. The van der Waals surface area contributed by atoms with E-state index in [-0.39, 0.29) is 11.7 Å². The number of anilines is 2. The van der Waals surface area contributed by atoms with Crippen LogP contribution in [0.2, 0.25) is 5.02 Å². The van der Waals surface area contributed by atoms with Gasteiger partial charge < -0.3 is 10.6 Å². The lowest BCUT2D eigenvalue weighted by Crippen LogP contribution is -2.17. The molecule has 0 aliphatic heterocycles. The van der Waals surface area contributed by atoms with Crippen LogP contribution in [-0.4, -0.2) is 16.5 Å². The van der Waals surface area contributed by atoms with E-state index < -0.39 is 4.92 Å². The molecule has 1 heterocycles. The summed E-state index contributed by atoms with van der Waals surface area (Å²) in [6.45, 7) is 4.95. The Kier molecular flexibility index (Phi) is 5.11. The van der Waals surface area contributed by atoms with Crippen molar-refractivity contribution in [1.82, 2.24) is 10.3 Å². The summed E-state index contributed by atoms with van der Waals surface area (Å²) < 4.78 is 0. The van der Waals surface area contributed by atoms with Gasteiger partial charge in [0, 0.05) is 23.6 Å². The van der Waals surface area contributed by atoms with Crippen LogP contribution in [0.3, 0.4) is 0 Å². The Morgan fingerprint density at radius 3 is 2.90 bits per heavy atom. The number of non-ortho nitro benzene ring substituents is 1. The maximum absolute atomic E-state index is 10.7. The molecule has 21 heavy (non-hydrogen) atoms. The lowest BCUT2D eigenvalue weighted by Gasteiger charge is -2.08. The van der Waals surface area contributed by atoms with E-state index in [1.165, 1.54) is 23.5 Å². The predicted molar refractivity (Wildman–Crippen MR) is 85.6 cm³/mol. The summed E-state index contributed by atoms with van der Waals surface area (Å²) >= 11 is 7.50. The van der Waals surface area contributed by atoms with E-state index in [9.17, 15) is 10.1 Å². The van der Waals surface area contributed by atoms with E-state index in [0.717, 1.165) is 12.2 Å². The first kappa shape index (κ1) is 15.7. The SMILES string of the molecule is CCNC(C)c1csc(Nc2ccc([N+](=O)[O-])cc2Cl)n1. The second-order valence-corrected chi connectivity index (χ2v) is 5.67. The van der Waals surface area contributed by atoms with Gasteiger partial charge in [-0.25, -0.2) is 4.98 Å². The molecule has 1 atom stereocenters. The molecule has 0 bridgehead atoms. The van der Waals surface area contributed by atoms with Crippen LogP contribution in [0.15, 0.2) is 23.6 Å². The molecule has 0 aliphatic rings. The normalized spacial score (nSPS) is 12.1. The lowest BCUT2D eigenvalue weighted by atomic mass is 10.2. The van der Waals surface area contributed by atoms with Crippen LogP contribution in [0, 0.1) is 10.1 Å². The summed E-state index contributed by atoms with van der Waals surface area (Å²) in [5.41, 5.74) is 1.51. The molecule has 0 fully saturated rings. The standard InChI is InChI=1S/C13H15ClN4O2S/c1-3-15-8(2)12-7-21-13(17-12)16-11-5-4-9(18(19)20)6-10(11)14/h4-8,15H,3H2,1-2H3,(H,16,17). The van der Waals surface area contributed by atoms with E-state index in [4.69, 9.17) is 11.6 Å². The Morgan fingerprint density at radius 1 is 1.52 bits per heavy atom. The number of thiazole rings is 1. The molecule has 0 aliphatic carbocycles. The number of aromatic nitrogens is 1. The Hall–Kier alpha value is -1.70. The molecular formula is C13H15ClN4O2S. The van der Waals surface area contributed by atoms with Gasteiger partial charge in [-0.3, -0.25) is 10.1 Å². The van der Waals surface area contributed by atoms with E-state index in [0.29, 0.717) is 15.8 Å². The summed E-state index contributed by atoms with van der Waals surface area (Å²) in [6, 6.07) is 4.48. The van der Waals surface area contributed by atoms with Crippen molar-refractivity contribution in [2.24, 2.45) is 0 Å². The highest BCUT2D eigenvalue weighted by molar-refractivity contribution is 7.13. The van der Waals surface area contributed by atoms with Crippen molar-refractivity contribution in [2.75, 3.05) is 11.9 Å². The molecule has 1 unspecified atom stereocenters. The summed E-state index contributed by atoms with van der Waals surface area (Å²) in [6.07, 6.45) is 0. The molecule has 112 valence electrons. The fourth-order valence-corrected chi connectivity index (χ4v) is 2.83. The van der Waals surface area contributed by atoms with Crippen LogP contribution >= 0.6 is 22.9 Å². The van der Waals surface area contributed by atoms with Crippen LogP contribution in [0.4, 0.5) is 16.5 Å². The smallest absolute Gasteiger partial charge is 0.271 e. The van der Waals surface area contributed by atoms with Gasteiger partial charge in [-0.1, -0.05) is 18.5 Å². The molecule has 2 aromatic rings. The van der Waals surface area contributed by atoms with Gasteiger partial charge in [-0.2, -0.15) is 0 Å². The van der Waals surface area contributed by atoms with Gasteiger partial charge >= 0.3 is 0 Å². The quantitative estimate of drug-likeness (QED) is 0.616. The first-order chi connectivity index (χ1) is 10.0. The van der Waals surface area contributed by atoms with Gasteiger partial charge in [0.1, 0.15) is 0 Å². The molecule has 0 saturated carbocycles. The van der Waals surface area contributed by atoms with Crippen LogP contribution in [-0.2, 0) is 0 Å². The van der Waals surface area contributed by atoms with Gasteiger partial charge in [0.15, 0.2) is 5.13 Å². The number of nitro benzene ring substituents is 1. The topological polar surface area (TPSA) is 80.1 Å². The zero-order valence-corrected chi connectivity index (χ0v) is 13.2. The van der Waals surface area contributed by atoms with Crippen molar-refractivity contribution in [1.29, 1.82) is 0 Å². The number of nitrogens with one attached hydrogen (secondary N) is 2. The fourth-order valence-electron chi connectivity index (χ4n) is 1.79. The molecule has 2 N–H and O–H groups in total. The molecule has 0 radical (unpaired) electrons. The number of rotatable bonds is 6. The zero-order chi connectivity index (χ0) is 15.4. The minimum absolute atomic E-state index is 0.0360. The van der Waals surface area contributed by atoms with Crippen LogP contribution in [0.25, 0.3) is 0 Å². The fraction of sp³-hybridized carbons (Fsp3) is 0.308. The minimum atomic E-state index is -0.477. The van der Waals surface area contributed by atoms with E-state index in [2.05, 4.69) is 15.6 Å². The van der Waals surface area contributed by atoms with Gasteiger partial charge in [0.2, 0.25) is 0 Å². The number of nitrogens with zero attached hydrogens (tertiary/aromatic N) is 2. The van der Waals surface area contributed by atoms with Gasteiger partial charge in [0.25, 0.3) is 5.69 Å². The van der Waals surface area contributed by atoms with E-state index in [1.54, 1.807) is 6.07 Å². The molecule has 6 nitrogen and oxygen atoms in total. The average molecular weight is 327 g/mol. The summed E-state index contributed by atoms with van der Waals surface area (Å²) in [4.78, 5) is 14.7. The van der Waals surface area contributed by atoms with Crippen LogP contribution in [0.1, 0.15) is 25.6 Å². The molecule has 1 aromatic heterocycles. The van der Waals surface area contributed by atoms with Crippen molar-refractivity contribution < 1.29 is 4.92 Å². The highest BCUT2D eigenvalue weighted by Gasteiger charge is 2.12. The second-order valence-electron chi connectivity index (χ2n) is 4.40. The molecule has 8 heteroatoms. The van der Waals surface area contributed by atoms with Crippen molar-refractivity contribution in [2.45, 2.75) is 19.9 Å². The van der Waals surface area contributed by atoms with E-state index in [1.807, 2.05) is 19.2 Å². The lowest BCUT2D eigenvalue weighted by molar-refractivity contribution is -0.384. The van der Waals surface area contributed by atoms with E-state index >= 15 is 0 Å². The third-order valence-electron chi connectivity index (χ3n) is 2.88. The van der Waals surface area contributed by atoms with Crippen LogP contribution in [0.5, 0.6) is 0 Å². The van der Waals surface area contributed by atoms with Crippen molar-refractivity contribution in [3.05, 3.63) is 44.4 Å². The number of nitro groups is 1. The third-order valence-corrected chi connectivity index (χ3v) is 3.97. The van der Waals surface area contributed by atoms with Crippen LogP contribution < -0.4 is 10.6 Å². The largest absolute Gasteiger partial charge is 0.330 e. The first-order valence-electron chi connectivity index (χ1n) is 6.41. The molecule has 0 amide bonds. The highest BCUT2D eigenvalue weighted by atomic mass is 35.5. The number of halogens is 1. The Bertz CT molecular complexity index is 647. The monoisotopic (exact) mass is 326 g/mol. The molecular weight excluding hydrogens is 312 g/mol. The van der Waals surface area contributed by atoms with Crippen molar-refractivity contribution >= 4 is 39.4 Å². The predicted octanol–water partition coefficient (Wildman–Crippen LogP) is 4.12. The maximum atomic E-state index is 10.7. The third kappa shape index (κ3) is 3.90. The molecule has 0 saturated heterocycles. The van der Waals surface area contributed by atoms with Gasteiger partial charge in [-0.05, 0) is 19.5 Å². The summed E-state index contributed by atoms with van der Waals surface area (Å²) in [7, 11) is 0. The summed E-state index contributed by atoms with van der Waals surface area (Å²) in [5, 5.41) is 20.0. The number of benzene rings is 1. The number of hydrogen-bond donors (Lipinski definition) is 2. The second kappa shape index (κ2) is 6.84. The average Bonchev–Trinajstić information content (AvgIpc) is 2.90. The maximum Gasteiger partial charge on any atom is 0.271 e. The van der Waals surface area contributed by atoms with Crippen molar-refractivity contribution in [3.8, 4) is 0 Å². The Labute approximate surface area is 131 Å². The minimum Gasteiger partial charge on any atom is -0.330 e.